The second-order valence-corrected chi connectivity index (χ2v) is 8.46. The van der Waals surface area contributed by atoms with Crippen molar-refractivity contribution in [3.05, 3.63) is 59.2 Å². The maximum absolute atomic E-state index is 12.5. The number of carbonyl (C=O) groups is 1. The number of para-hydroxylation sites is 2. The Kier molecular flexibility index (Phi) is 6.98. The summed E-state index contributed by atoms with van der Waals surface area (Å²) in [4.78, 5) is 12.5. The minimum absolute atomic E-state index is 0.194. The molecular formula is C20H26N2O4S. The highest BCUT2D eigenvalue weighted by molar-refractivity contribution is 7.88. The monoisotopic (exact) mass is 390 g/mol. The van der Waals surface area contributed by atoms with Crippen LogP contribution in [0.25, 0.3) is 0 Å². The number of aryl methyl sites for hydroxylation is 2. The fourth-order valence-electron chi connectivity index (χ4n) is 2.87. The van der Waals surface area contributed by atoms with E-state index in [4.69, 9.17) is 4.74 Å². The number of nitrogens with zero attached hydrogens (tertiary/aromatic N) is 1. The number of carbonyl (C=O) groups excluding carboxylic acids is 1. The summed E-state index contributed by atoms with van der Waals surface area (Å²) in [6, 6.07) is 13.2. The summed E-state index contributed by atoms with van der Waals surface area (Å²) in [5, 5.41) is 2.83. The Morgan fingerprint density at radius 3 is 2.30 bits per heavy atom. The maximum atomic E-state index is 12.5. The maximum Gasteiger partial charge on any atom is 0.239 e. The fourth-order valence-corrected chi connectivity index (χ4v) is 3.64. The molecule has 1 amide bonds. The van der Waals surface area contributed by atoms with Crippen LogP contribution in [0.4, 0.5) is 5.69 Å². The van der Waals surface area contributed by atoms with Gasteiger partial charge in [-0.05, 0) is 43.0 Å². The molecule has 0 radical (unpaired) electrons. The average Bonchev–Trinajstić information content (AvgIpc) is 2.61. The van der Waals surface area contributed by atoms with Crippen LogP contribution in [0.2, 0.25) is 0 Å². The molecule has 27 heavy (non-hydrogen) atoms. The lowest BCUT2D eigenvalue weighted by atomic mass is 10.1. The van der Waals surface area contributed by atoms with Crippen LogP contribution in [-0.2, 0) is 21.2 Å². The Labute approximate surface area is 161 Å². The summed E-state index contributed by atoms with van der Waals surface area (Å²) in [6.45, 7) is 3.76. The second kappa shape index (κ2) is 9.01. The van der Waals surface area contributed by atoms with Gasteiger partial charge in [-0.2, -0.15) is 4.31 Å². The zero-order valence-electron chi connectivity index (χ0n) is 16.2. The van der Waals surface area contributed by atoms with Gasteiger partial charge in [0.1, 0.15) is 5.75 Å². The molecule has 0 heterocycles. The van der Waals surface area contributed by atoms with Crippen LogP contribution in [0.3, 0.4) is 0 Å². The molecule has 2 rings (SSSR count). The number of benzene rings is 2. The fraction of sp³-hybridized carbons (Fsp3) is 0.350. The Hall–Kier alpha value is -2.38. The van der Waals surface area contributed by atoms with E-state index < -0.39 is 10.0 Å². The van der Waals surface area contributed by atoms with Crippen LogP contribution in [0.1, 0.15) is 16.7 Å². The van der Waals surface area contributed by atoms with Crippen molar-refractivity contribution in [1.82, 2.24) is 4.31 Å². The number of hydrogen-bond acceptors (Lipinski definition) is 4. The van der Waals surface area contributed by atoms with Crippen molar-refractivity contribution >= 4 is 21.6 Å². The number of nitrogens with one attached hydrogen (secondary N) is 1. The van der Waals surface area contributed by atoms with Crippen LogP contribution < -0.4 is 10.1 Å². The van der Waals surface area contributed by atoms with Gasteiger partial charge in [-0.3, -0.25) is 4.79 Å². The van der Waals surface area contributed by atoms with Gasteiger partial charge in [0.05, 0.1) is 19.9 Å². The van der Waals surface area contributed by atoms with E-state index in [2.05, 4.69) is 5.32 Å². The first-order valence-electron chi connectivity index (χ1n) is 8.65. The van der Waals surface area contributed by atoms with E-state index >= 15 is 0 Å². The highest BCUT2D eigenvalue weighted by Crippen LogP contribution is 2.20. The summed E-state index contributed by atoms with van der Waals surface area (Å²) < 4.78 is 30.8. The van der Waals surface area contributed by atoms with Crippen molar-refractivity contribution in [2.75, 3.05) is 31.8 Å². The molecule has 1 N–H and O–H groups in total. The van der Waals surface area contributed by atoms with Gasteiger partial charge in [0.2, 0.25) is 15.9 Å². The first-order chi connectivity index (χ1) is 12.7. The van der Waals surface area contributed by atoms with Crippen molar-refractivity contribution in [3.63, 3.8) is 0 Å². The molecule has 2 aromatic rings. The summed E-state index contributed by atoms with van der Waals surface area (Å²) in [7, 11) is -1.96. The van der Waals surface area contributed by atoms with Crippen molar-refractivity contribution in [2.24, 2.45) is 0 Å². The highest BCUT2D eigenvalue weighted by Gasteiger charge is 2.21. The highest BCUT2D eigenvalue weighted by atomic mass is 32.2. The lowest BCUT2D eigenvalue weighted by Crippen LogP contribution is -2.38. The Bertz CT molecular complexity index is 890. The minimum atomic E-state index is -3.53. The third-order valence-corrected chi connectivity index (χ3v) is 5.61. The molecule has 2 aromatic carbocycles. The summed E-state index contributed by atoms with van der Waals surface area (Å²) in [5.74, 6) is 0.337. The SMILES string of the molecule is COc1ccccc1CCN(CC(=O)Nc1c(C)cccc1C)S(C)(=O)=O. The molecule has 0 spiro atoms. The molecule has 0 aliphatic carbocycles. The van der Waals surface area contributed by atoms with E-state index in [-0.39, 0.29) is 19.0 Å². The van der Waals surface area contributed by atoms with Crippen LogP contribution in [0.15, 0.2) is 42.5 Å². The molecule has 7 heteroatoms. The van der Waals surface area contributed by atoms with Gasteiger partial charge >= 0.3 is 0 Å². The number of sulfonamides is 1. The molecule has 0 fully saturated rings. The van der Waals surface area contributed by atoms with E-state index in [0.29, 0.717) is 12.2 Å². The predicted molar refractivity (Wildman–Crippen MR) is 108 cm³/mol. The predicted octanol–water partition coefficient (Wildman–Crippen LogP) is 2.75. The van der Waals surface area contributed by atoms with Gasteiger partial charge in [0.15, 0.2) is 0 Å². The molecule has 0 bridgehead atoms. The van der Waals surface area contributed by atoms with Gasteiger partial charge in [-0.15, -0.1) is 0 Å². The van der Waals surface area contributed by atoms with Crippen molar-refractivity contribution in [3.8, 4) is 5.75 Å². The smallest absolute Gasteiger partial charge is 0.239 e. The third kappa shape index (κ3) is 5.80. The van der Waals surface area contributed by atoms with E-state index in [0.717, 1.165) is 28.6 Å². The number of amides is 1. The van der Waals surface area contributed by atoms with Crippen LogP contribution in [-0.4, -0.2) is 45.1 Å². The van der Waals surface area contributed by atoms with Crippen LogP contribution in [0.5, 0.6) is 5.75 Å². The molecule has 146 valence electrons. The Morgan fingerprint density at radius 1 is 1.07 bits per heavy atom. The first kappa shape index (κ1) is 20.9. The molecule has 0 atom stereocenters. The third-order valence-electron chi connectivity index (χ3n) is 4.36. The van der Waals surface area contributed by atoms with E-state index in [1.165, 1.54) is 4.31 Å². The topological polar surface area (TPSA) is 75.7 Å². The molecule has 0 unspecified atom stereocenters. The van der Waals surface area contributed by atoms with E-state index in [9.17, 15) is 13.2 Å². The molecule has 0 aliphatic heterocycles. The molecule has 0 aromatic heterocycles. The first-order valence-corrected chi connectivity index (χ1v) is 10.5. The number of hydrogen-bond donors (Lipinski definition) is 1. The average molecular weight is 391 g/mol. The summed E-state index contributed by atoms with van der Waals surface area (Å²) >= 11 is 0. The van der Waals surface area contributed by atoms with Gasteiger partial charge in [-0.1, -0.05) is 36.4 Å². The number of methoxy groups -OCH3 is 1. The quantitative estimate of drug-likeness (QED) is 0.752. The van der Waals surface area contributed by atoms with Crippen LogP contribution in [0, 0.1) is 13.8 Å². The van der Waals surface area contributed by atoms with Crippen molar-refractivity contribution in [2.45, 2.75) is 20.3 Å². The minimum Gasteiger partial charge on any atom is -0.496 e. The number of rotatable bonds is 8. The zero-order chi connectivity index (χ0) is 20.0. The van der Waals surface area contributed by atoms with Gasteiger partial charge in [0.25, 0.3) is 0 Å². The van der Waals surface area contributed by atoms with Crippen molar-refractivity contribution < 1.29 is 17.9 Å². The van der Waals surface area contributed by atoms with Gasteiger partial charge < -0.3 is 10.1 Å². The van der Waals surface area contributed by atoms with Gasteiger partial charge in [0, 0.05) is 12.2 Å². The Morgan fingerprint density at radius 2 is 1.70 bits per heavy atom. The lowest BCUT2D eigenvalue weighted by molar-refractivity contribution is -0.116. The summed E-state index contributed by atoms with van der Waals surface area (Å²) in [5.41, 5.74) is 3.48. The van der Waals surface area contributed by atoms with Gasteiger partial charge in [-0.25, -0.2) is 8.42 Å². The number of ether oxygens (including phenoxy) is 1. The Balaban J connectivity index is 2.09. The summed E-state index contributed by atoms with van der Waals surface area (Å²) in [6.07, 6.45) is 1.56. The standard InChI is InChI=1S/C20H26N2O4S/c1-15-8-7-9-16(2)20(15)21-19(23)14-22(27(4,24)25)13-12-17-10-5-6-11-18(17)26-3/h5-11H,12-14H2,1-4H3,(H,21,23). The normalized spacial score (nSPS) is 11.4. The largest absolute Gasteiger partial charge is 0.496 e. The van der Waals surface area contributed by atoms with E-state index in [1.807, 2.05) is 56.3 Å². The zero-order valence-corrected chi connectivity index (χ0v) is 17.0. The number of anilines is 1. The molecule has 0 saturated heterocycles. The molecule has 0 saturated carbocycles. The van der Waals surface area contributed by atoms with E-state index in [1.54, 1.807) is 7.11 Å². The van der Waals surface area contributed by atoms with Crippen LogP contribution >= 0.6 is 0 Å². The second-order valence-electron chi connectivity index (χ2n) is 6.47. The molecule has 0 aliphatic rings. The lowest BCUT2D eigenvalue weighted by Gasteiger charge is -2.21. The molecule has 6 nitrogen and oxygen atoms in total. The molecular weight excluding hydrogens is 364 g/mol. The van der Waals surface area contributed by atoms with Crippen molar-refractivity contribution in [1.29, 1.82) is 0 Å².